The summed E-state index contributed by atoms with van der Waals surface area (Å²) in [4.78, 5) is 36.0. The SMILES string of the molecule is COC(=O)CNC(=O)c1cccc(NC(=O)c2ccn(-c3cc(C)ccc3OC)n2)c1. The highest BCUT2D eigenvalue weighted by Crippen LogP contribution is 2.23. The van der Waals surface area contributed by atoms with Crippen molar-refractivity contribution in [1.82, 2.24) is 15.1 Å². The molecule has 1 aromatic heterocycles. The van der Waals surface area contributed by atoms with Crippen LogP contribution in [0.15, 0.2) is 54.7 Å². The van der Waals surface area contributed by atoms with Gasteiger partial charge in [-0.3, -0.25) is 14.4 Å². The molecule has 0 aliphatic carbocycles. The lowest BCUT2D eigenvalue weighted by Crippen LogP contribution is -2.30. The Labute approximate surface area is 179 Å². The topological polar surface area (TPSA) is 112 Å². The fourth-order valence-corrected chi connectivity index (χ4v) is 2.82. The number of hydrogen-bond acceptors (Lipinski definition) is 6. The summed E-state index contributed by atoms with van der Waals surface area (Å²) < 4.78 is 11.4. The summed E-state index contributed by atoms with van der Waals surface area (Å²) in [5.74, 6) is -0.820. The van der Waals surface area contributed by atoms with Gasteiger partial charge in [0.15, 0.2) is 5.69 Å². The van der Waals surface area contributed by atoms with E-state index in [1.54, 1.807) is 42.3 Å². The van der Waals surface area contributed by atoms with Crippen molar-refractivity contribution < 1.29 is 23.9 Å². The summed E-state index contributed by atoms with van der Waals surface area (Å²) in [5.41, 5.74) is 2.64. The average molecular weight is 422 g/mol. The second kappa shape index (κ2) is 9.57. The maximum Gasteiger partial charge on any atom is 0.325 e. The van der Waals surface area contributed by atoms with Crippen molar-refractivity contribution >= 4 is 23.5 Å². The molecule has 0 unspecified atom stereocenters. The molecule has 31 heavy (non-hydrogen) atoms. The number of ether oxygens (including phenoxy) is 2. The molecule has 0 saturated carbocycles. The van der Waals surface area contributed by atoms with Crippen molar-refractivity contribution in [3.63, 3.8) is 0 Å². The second-order valence-corrected chi connectivity index (χ2v) is 6.61. The molecule has 3 rings (SSSR count). The van der Waals surface area contributed by atoms with Gasteiger partial charge in [0.2, 0.25) is 0 Å². The molecule has 2 aromatic carbocycles. The third kappa shape index (κ3) is 5.27. The zero-order chi connectivity index (χ0) is 22.4. The van der Waals surface area contributed by atoms with Gasteiger partial charge in [0.05, 0.1) is 14.2 Å². The van der Waals surface area contributed by atoms with E-state index in [4.69, 9.17) is 4.74 Å². The van der Waals surface area contributed by atoms with Crippen molar-refractivity contribution in [2.24, 2.45) is 0 Å². The first kappa shape index (κ1) is 21.6. The van der Waals surface area contributed by atoms with Gasteiger partial charge in [-0.25, -0.2) is 4.68 Å². The molecule has 0 bridgehead atoms. The molecule has 160 valence electrons. The van der Waals surface area contributed by atoms with Crippen LogP contribution in [-0.4, -0.2) is 48.3 Å². The van der Waals surface area contributed by atoms with Gasteiger partial charge >= 0.3 is 5.97 Å². The first-order valence-corrected chi connectivity index (χ1v) is 9.38. The Morgan fingerprint density at radius 3 is 2.58 bits per heavy atom. The number of esters is 1. The van der Waals surface area contributed by atoms with Crippen LogP contribution in [-0.2, 0) is 9.53 Å². The van der Waals surface area contributed by atoms with Crippen molar-refractivity contribution in [2.45, 2.75) is 6.92 Å². The highest BCUT2D eigenvalue weighted by molar-refractivity contribution is 6.04. The number of anilines is 1. The molecule has 0 spiro atoms. The predicted molar refractivity (Wildman–Crippen MR) is 114 cm³/mol. The van der Waals surface area contributed by atoms with Gasteiger partial charge in [0, 0.05) is 17.4 Å². The van der Waals surface area contributed by atoms with Crippen LogP contribution < -0.4 is 15.4 Å². The largest absolute Gasteiger partial charge is 0.494 e. The van der Waals surface area contributed by atoms with E-state index in [0.29, 0.717) is 17.1 Å². The zero-order valence-corrected chi connectivity index (χ0v) is 17.3. The zero-order valence-electron chi connectivity index (χ0n) is 17.3. The van der Waals surface area contributed by atoms with Gasteiger partial charge in [0.1, 0.15) is 18.0 Å². The third-order valence-corrected chi connectivity index (χ3v) is 4.41. The normalized spacial score (nSPS) is 10.3. The number of benzene rings is 2. The molecule has 0 radical (unpaired) electrons. The minimum Gasteiger partial charge on any atom is -0.494 e. The Morgan fingerprint density at radius 2 is 1.84 bits per heavy atom. The molecule has 0 atom stereocenters. The lowest BCUT2D eigenvalue weighted by molar-refractivity contribution is -0.139. The molecular formula is C22H22N4O5. The minimum atomic E-state index is -0.557. The summed E-state index contributed by atoms with van der Waals surface area (Å²) in [5, 5.41) is 9.50. The fourth-order valence-electron chi connectivity index (χ4n) is 2.82. The molecular weight excluding hydrogens is 400 g/mol. The predicted octanol–water partition coefficient (Wildman–Crippen LogP) is 2.34. The second-order valence-electron chi connectivity index (χ2n) is 6.61. The standard InChI is InChI=1S/C22H22N4O5/c1-14-7-8-19(30-2)18(11-14)26-10-9-17(25-26)22(29)24-16-6-4-5-15(12-16)21(28)23-13-20(27)31-3/h4-12H,13H2,1-3H3,(H,23,28)(H,24,29). The summed E-state index contributed by atoms with van der Waals surface area (Å²) >= 11 is 0. The van der Waals surface area contributed by atoms with E-state index in [2.05, 4.69) is 20.5 Å². The van der Waals surface area contributed by atoms with Crippen LogP contribution in [0.25, 0.3) is 5.69 Å². The summed E-state index contributed by atoms with van der Waals surface area (Å²) in [6.07, 6.45) is 1.67. The summed E-state index contributed by atoms with van der Waals surface area (Å²) in [7, 11) is 2.81. The number of methoxy groups -OCH3 is 2. The first-order valence-electron chi connectivity index (χ1n) is 9.38. The lowest BCUT2D eigenvalue weighted by atomic mass is 10.2. The third-order valence-electron chi connectivity index (χ3n) is 4.41. The Kier molecular flexibility index (Phi) is 6.66. The molecule has 2 amide bonds. The van der Waals surface area contributed by atoms with Crippen molar-refractivity contribution in [2.75, 3.05) is 26.1 Å². The number of carbonyl (C=O) groups is 3. The van der Waals surface area contributed by atoms with E-state index in [9.17, 15) is 14.4 Å². The van der Waals surface area contributed by atoms with Gasteiger partial charge in [-0.1, -0.05) is 12.1 Å². The number of aromatic nitrogens is 2. The van der Waals surface area contributed by atoms with Crippen LogP contribution in [0.1, 0.15) is 26.4 Å². The number of amides is 2. The van der Waals surface area contributed by atoms with Crippen LogP contribution in [0.5, 0.6) is 5.75 Å². The van der Waals surface area contributed by atoms with Crippen LogP contribution in [0.3, 0.4) is 0 Å². The van der Waals surface area contributed by atoms with Crippen LogP contribution in [0.2, 0.25) is 0 Å². The monoisotopic (exact) mass is 422 g/mol. The van der Waals surface area contributed by atoms with Crippen LogP contribution in [0, 0.1) is 6.92 Å². The van der Waals surface area contributed by atoms with Crippen molar-refractivity contribution in [3.8, 4) is 11.4 Å². The van der Waals surface area contributed by atoms with E-state index in [0.717, 1.165) is 5.56 Å². The van der Waals surface area contributed by atoms with Gasteiger partial charge in [-0.2, -0.15) is 5.10 Å². The number of rotatable bonds is 7. The lowest BCUT2D eigenvalue weighted by Gasteiger charge is -2.09. The van der Waals surface area contributed by atoms with E-state index in [1.807, 2.05) is 25.1 Å². The number of aryl methyl sites for hydroxylation is 1. The van der Waals surface area contributed by atoms with Gasteiger partial charge in [-0.15, -0.1) is 0 Å². The van der Waals surface area contributed by atoms with Gasteiger partial charge in [-0.05, 0) is 48.9 Å². The Balaban J connectivity index is 1.72. The van der Waals surface area contributed by atoms with E-state index in [-0.39, 0.29) is 17.8 Å². The van der Waals surface area contributed by atoms with Gasteiger partial charge in [0.25, 0.3) is 11.8 Å². The Hall–Kier alpha value is -4.14. The maximum atomic E-state index is 12.6. The van der Waals surface area contributed by atoms with Crippen molar-refractivity contribution in [3.05, 3.63) is 71.5 Å². The van der Waals surface area contributed by atoms with E-state index >= 15 is 0 Å². The number of nitrogens with zero attached hydrogens (tertiary/aromatic N) is 2. The minimum absolute atomic E-state index is 0.198. The molecule has 0 aliphatic heterocycles. The van der Waals surface area contributed by atoms with Crippen molar-refractivity contribution in [1.29, 1.82) is 0 Å². The highest BCUT2D eigenvalue weighted by atomic mass is 16.5. The number of hydrogen-bond donors (Lipinski definition) is 2. The van der Waals surface area contributed by atoms with E-state index < -0.39 is 17.8 Å². The molecule has 0 aliphatic rings. The van der Waals surface area contributed by atoms with E-state index in [1.165, 1.54) is 13.2 Å². The molecule has 0 fully saturated rings. The van der Waals surface area contributed by atoms with Gasteiger partial charge < -0.3 is 20.1 Å². The van der Waals surface area contributed by atoms with Crippen LogP contribution in [0.4, 0.5) is 5.69 Å². The maximum absolute atomic E-state index is 12.6. The molecule has 1 heterocycles. The molecule has 9 nitrogen and oxygen atoms in total. The molecule has 9 heteroatoms. The fraction of sp³-hybridized carbons (Fsp3) is 0.182. The summed E-state index contributed by atoms with van der Waals surface area (Å²) in [6.45, 7) is 1.71. The highest BCUT2D eigenvalue weighted by Gasteiger charge is 2.14. The smallest absolute Gasteiger partial charge is 0.325 e. The number of carbonyl (C=O) groups excluding carboxylic acids is 3. The number of nitrogens with one attached hydrogen (secondary N) is 2. The van der Waals surface area contributed by atoms with Crippen LogP contribution >= 0.6 is 0 Å². The molecule has 0 saturated heterocycles. The Morgan fingerprint density at radius 1 is 1.03 bits per heavy atom. The molecule has 2 N–H and O–H groups in total. The quantitative estimate of drug-likeness (QED) is 0.566. The average Bonchev–Trinajstić information content (AvgIpc) is 3.27. The summed E-state index contributed by atoms with van der Waals surface area (Å²) in [6, 6.07) is 13.6. The molecule has 3 aromatic rings. The Bertz CT molecular complexity index is 1120. The first-order chi connectivity index (χ1) is 14.9.